The average molecular weight is 343 g/mol. The molecule has 0 spiro atoms. The molecule has 1 atom stereocenters. The Morgan fingerprint density at radius 2 is 1.88 bits per heavy atom. The Bertz CT molecular complexity index is 672. The molecule has 1 aromatic carbocycles. The molecule has 2 rings (SSSR count). The van der Waals surface area contributed by atoms with E-state index in [0.29, 0.717) is 0 Å². The van der Waals surface area contributed by atoms with Crippen molar-refractivity contribution in [1.82, 2.24) is 4.90 Å². The van der Waals surface area contributed by atoms with Crippen LogP contribution in [0.15, 0.2) is 40.3 Å². The molecule has 6 nitrogen and oxygen atoms in total. The third kappa shape index (κ3) is 3.19. The number of benzene rings is 1. The van der Waals surface area contributed by atoms with Crippen LogP contribution in [0.5, 0.6) is 0 Å². The Labute approximate surface area is 136 Å². The van der Waals surface area contributed by atoms with Crippen molar-refractivity contribution in [2.45, 2.75) is 18.8 Å². The molecule has 1 aromatic rings. The van der Waals surface area contributed by atoms with Crippen molar-refractivity contribution in [3.8, 4) is 0 Å². The van der Waals surface area contributed by atoms with Gasteiger partial charge in [-0.05, 0) is 19.1 Å². The van der Waals surface area contributed by atoms with Gasteiger partial charge in [0.05, 0.1) is 6.61 Å². The van der Waals surface area contributed by atoms with Gasteiger partial charge in [0.15, 0.2) is 0 Å². The monoisotopic (exact) mass is 343 g/mol. The van der Waals surface area contributed by atoms with Crippen molar-refractivity contribution in [2.75, 3.05) is 20.7 Å². The number of esters is 1. The van der Waals surface area contributed by atoms with Gasteiger partial charge in [-0.3, -0.25) is 0 Å². The Morgan fingerprint density at radius 3 is 2.38 bits per heavy atom. The van der Waals surface area contributed by atoms with Crippen LogP contribution in [0.25, 0.3) is 0 Å². The molecule has 24 heavy (non-hydrogen) atoms. The lowest BCUT2D eigenvalue weighted by molar-refractivity contribution is -0.204. The molecule has 1 aliphatic rings. The van der Waals surface area contributed by atoms with Crippen LogP contribution in [0.2, 0.25) is 0 Å². The van der Waals surface area contributed by atoms with Crippen LogP contribution < -0.4 is 0 Å². The first-order chi connectivity index (χ1) is 11.2. The van der Waals surface area contributed by atoms with E-state index in [0.717, 1.165) is 0 Å². The summed E-state index contributed by atoms with van der Waals surface area (Å²) in [5, 5.41) is 0. The van der Waals surface area contributed by atoms with E-state index in [1.54, 1.807) is 18.2 Å². The average Bonchev–Trinajstić information content (AvgIpc) is 2.54. The van der Waals surface area contributed by atoms with Gasteiger partial charge in [0.25, 0.3) is 6.02 Å². The lowest BCUT2D eigenvalue weighted by Gasteiger charge is -2.32. The van der Waals surface area contributed by atoms with Gasteiger partial charge >= 0.3 is 17.8 Å². The molecule has 0 aromatic heterocycles. The quantitative estimate of drug-likeness (QED) is 0.790. The maximum Gasteiger partial charge on any atom is 0.446 e. The molecular weight excluding hydrogens is 327 g/mol. The maximum atomic E-state index is 13.7. The van der Waals surface area contributed by atoms with Crippen molar-refractivity contribution in [3.05, 3.63) is 35.9 Å². The summed E-state index contributed by atoms with van der Waals surface area (Å²) in [6.07, 6.45) is -5.09. The third-order valence-electron chi connectivity index (χ3n) is 3.07. The second-order valence-electron chi connectivity index (χ2n) is 5.06. The first kappa shape index (κ1) is 17.8. The zero-order valence-corrected chi connectivity index (χ0v) is 13.3. The Hall–Kier alpha value is -2.58. The number of carbonyl (C=O) groups is 1. The molecule has 0 N–H and O–H groups in total. The highest BCUT2D eigenvalue weighted by molar-refractivity contribution is 6.05. The van der Waals surface area contributed by atoms with Gasteiger partial charge in [0.2, 0.25) is 5.90 Å². The summed E-state index contributed by atoms with van der Waals surface area (Å²) in [4.78, 5) is 20.2. The zero-order chi connectivity index (χ0) is 18.0. The van der Waals surface area contributed by atoms with Crippen molar-refractivity contribution >= 4 is 17.9 Å². The Balaban J connectivity index is 2.65. The van der Waals surface area contributed by atoms with Crippen molar-refractivity contribution in [2.24, 2.45) is 9.98 Å². The molecule has 130 valence electrons. The number of hydrogen-bond acceptors (Lipinski definition) is 6. The standard InChI is InChI=1S/C15H16F3N3O3/c1-4-23-12(22)14(15(16,17)18)19-11(10-8-6-5-7-9-10)24-13(20-14)21(2)3/h5-9H,4H2,1-3H3/t14-/m1/s1. The van der Waals surface area contributed by atoms with E-state index >= 15 is 0 Å². The van der Waals surface area contributed by atoms with Gasteiger partial charge in [0, 0.05) is 19.7 Å². The Morgan fingerprint density at radius 1 is 1.25 bits per heavy atom. The minimum atomic E-state index is -5.09. The van der Waals surface area contributed by atoms with Crippen LogP contribution in [-0.2, 0) is 14.3 Å². The highest BCUT2D eigenvalue weighted by atomic mass is 19.4. The summed E-state index contributed by atoms with van der Waals surface area (Å²) in [6.45, 7) is 1.17. The topological polar surface area (TPSA) is 63.5 Å². The van der Waals surface area contributed by atoms with Crippen molar-refractivity contribution in [3.63, 3.8) is 0 Å². The second kappa shape index (κ2) is 6.50. The molecule has 0 aliphatic carbocycles. The number of halogens is 3. The van der Waals surface area contributed by atoms with E-state index in [-0.39, 0.29) is 18.1 Å². The van der Waals surface area contributed by atoms with E-state index in [4.69, 9.17) is 4.74 Å². The SMILES string of the molecule is CCOC(=O)[C@@]1(C(F)(F)F)N=C(c2ccccc2)OC(N(C)C)=N1. The van der Waals surface area contributed by atoms with E-state index in [9.17, 15) is 18.0 Å². The summed E-state index contributed by atoms with van der Waals surface area (Å²) < 4.78 is 51.0. The first-order valence-electron chi connectivity index (χ1n) is 7.05. The summed E-state index contributed by atoms with van der Waals surface area (Å²) in [6, 6.07) is 7.56. The van der Waals surface area contributed by atoms with Gasteiger partial charge in [-0.25, -0.2) is 4.79 Å². The lowest BCUT2D eigenvalue weighted by atomic mass is 10.1. The Kier molecular flexibility index (Phi) is 4.81. The van der Waals surface area contributed by atoms with Crippen LogP contribution in [0.3, 0.4) is 0 Å². The third-order valence-corrected chi connectivity index (χ3v) is 3.07. The van der Waals surface area contributed by atoms with Gasteiger partial charge < -0.3 is 14.4 Å². The normalized spacial score (nSPS) is 20.6. The smallest absolute Gasteiger partial charge is 0.446 e. The van der Waals surface area contributed by atoms with Crippen LogP contribution in [0, 0.1) is 0 Å². The number of alkyl halides is 3. The summed E-state index contributed by atoms with van der Waals surface area (Å²) in [5.41, 5.74) is -3.11. The predicted octanol–water partition coefficient (Wildman–Crippen LogP) is 2.20. The summed E-state index contributed by atoms with van der Waals surface area (Å²) in [7, 11) is 2.89. The molecule has 0 bridgehead atoms. The first-order valence-corrected chi connectivity index (χ1v) is 7.05. The number of carbonyl (C=O) groups excluding carboxylic acids is 1. The number of nitrogens with zero attached hydrogens (tertiary/aromatic N) is 3. The van der Waals surface area contributed by atoms with Crippen LogP contribution in [0.4, 0.5) is 13.2 Å². The summed E-state index contributed by atoms with van der Waals surface area (Å²) >= 11 is 0. The molecule has 0 amide bonds. The van der Waals surface area contributed by atoms with E-state index in [1.165, 1.54) is 38.1 Å². The predicted molar refractivity (Wildman–Crippen MR) is 80.6 cm³/mol. The number of amidine groups is 1. The molecule has 0 unspecified atom stereocenters. The minimum absolute atomic E-state index is 0.236. The van der Waals surface area contributed by atoms with Gasteiger partial charge in [-0.15, -0.1) is 0 Å². The molecule has 9 heteroatoms. The minimum Gasteiger partial charge on any atom is -0.462 e. The van der Waals surface area contributed by atoms with Crippen molar-refractivity contribution in [1.29, 1.82) is 0 Å². The highest BCUT2D eigenvalue weighted by Crippen LogP contribution is 2.39. The molecule has 0 saturated carbocycles. The zero-order valence-electron chi connectivity index (χ0n) is 13.3. The number of aliphatic imine (C=N–C) groups is 2. The fraction of sp³-hybridized carbons (Fsp3) is 0.400. The fourth-order valence-corrected chi connectivity index (χ4v) is 1.90. The van der Waals surface area contributed by atoms with Gasteiger partial charge in [0.1, 0.15) is 0 Å². The lowest BCUT2D eigenvalue weighted by Crippen LogP contribution is -2.54. The highest BCUT2D eigenvalue weighted by Gasteiger charge is 2.65. The number of rotatable bonds is 3. The van der Waals surface area contributed by atoms with Crippen LogP contribution >= 0.6 is 0 Å². The molecule has 0 fully saturated rings. The van der Waals surface area contributed by atoms with Crippen molar-refractivity contribution < 1.29 is 27.4 Å². The molecule has 0 radical (unpaired) electrons. The number of ether oxygens (including phenoxy) is 2. The summed E-state index contributed by atoms with van der Waals surface area (Å²) in [5.74, 6) is -1.96. The van der Waals surface area contributed by atoms with Gasteiger partial charge in [-0.1, -0.05) is 18.2 Å². The molecule has 1 heterocycles. The van der Waals surface area contributed by atoms with E-state index in [2.05, 4.69) is 14.7 Å². The number of hydrogen-bond donors (Lipinski definition) is 0. The van der Waals surface area contributed by atoms with E-state index in [1.807, 2.05) is 0 Å². The van der Waals surface area contributed by atoms with E-state index < -0.39 is 23.8 Å². The molecule has 1 aliphatic heterocycles. The maximum absolute atomic E-state index is 13.7. The van der Waals surface area contributed by atoms with Gasteiger partial charge in [-0.2, -0.15) is 23.2 Å². The largest absolute Gasteiger partial charge is 0.462 e. The van der Waals surface area contributed by atoms with Crippen LogP contribution in [-0.4, -0.2) is 55.3 Å². The second-order valence-corrected chi connectivity index (χ2v) is 5.06. The molecular formula is C15H16F3N3O3. The molecule has 0 saturated heterocycles. The fourth-order valence-electron chi connectivity index (χ4n) is 1.90. The van der Waals surface area contributed by atoms with Crippen LogP contribution in [0.1, 0.15) is 12.5 Å².